The Balaban J connectivity index is 1.53. The molecule has 0 heterocycles. The Bertz CT molecular complexity index is 1620. The van der Waals surface area contributed by atoms with Crippen LogP contribution in [0.2, 0.25) is 0 Å². The first-order chi connectivity index (χ1) is 24.1. The summed E-state index contributed by atoms with van der Waals surface area (Å²) < 4.78 is 0. The largest absolute Gasteiger partial charge is 0.338 e. The topological polar surface area (TPSA) is 155 Å². The third kappa shape index (κ3) is 10.7. The zero-order valence-electron chi connectivity index (χ0n) is 29.2. The van der Waals surface area contributed by atoms with Crippen molar-refractivity contribution in [1.82, 2.24) is 0 Å². The second kappa shape index (κ2) is 19.3. The van der Waals surface area contributed by atoms with Crippen LogP contribution in [-0.4, -0.2) is 39.9 Å². The Hall–Kier alpha value is -4.19. The number of carbonyl (C=O) groups is 4. The first kappa shape index (κ1) is 38.6. The van der Waals surface area contributed by atoms with Gasteiger partial charge in [0.1, 0.15) is 11.4 Å². The van der Waals surface area contributed by atoms with E-state index in [0.717, 1.165) is 87.5 Å². The smallest absolute Gasteiger partial charge is 0.318 e. The fourth-order valence-electron chi connectivity index (χ4n) is 6.28. The number of oxime groups is 2. The van der Waals surface area contributed by atoms with E-state index in [4.69, 9.17) is 9.68 Å². The molecule has 4 rings (SSSR count). The highest BCUT2D eigenvalue weighted by molar-refractivity contribution is 7.99. The van der Waals surface area contributed by atoms with Crippen molar-refractivity contribution in [2.75, 3.05) is 0 Å². The fraction of sp³-hybridized carbons (Fsp3) is 0.526. The van der Waals surface area contributed by atoms with E-state index in [0.29, 0.717) is 29.7 Å². The maximum Gasteiger partial charge on any atom is 0.338 e. The van der Waals surface area contributed by atoms with E-state index in [2.05, 4.69) is 17.2 Å². The lowest BCUT2D eigenvalue weighted by Crippen LogP contribution is -2.21. The number of unbranched alkanes of at least 4 members (excludes halogenated alkanes) is 1. The number of Topliss-reactive ketones (excluding diaryl/α,β-unsaturated/α-hetero) is 2. The summed E-state index contributed by atoms with van der Waals surface area (Å²) >= 11 is 1.18. The van der Waals surface area contributed by atoms with Gasteiger partial charge in [-0.05, 0) is 87.8 Å². The summed E-state index contributed by atoms with van der Waals surface area (Å²) in [4.78, 5) is 74.7. The summed E-state index contributed by atoms with van der Waals surface area (Å²) in [5.41, 5.74) is 1.13. The Morgan fingerprint density at radius 1 is 0.780 bits per heavy atom. The molecule has 0 aliphatic heterocycles. The van der Waals surface area contributed by atoms with Crippen LogP contribution in [0, 0.1) is 22.0 Å². The molecule has 11 nitrogen and oxygen atoms in total. The minimum absolute atomic E-state index is 0.0510. The number of rotatable bonds is 16. The minimum atomic E-state index is -0.582. The lowest BCUT2D eigenvalue weighted by atomic mass is 9.89. The molecule has 2 aromatic carbocycles. The quantitative estimate of drug-likeness (QED) is 0.0546. The predicted molar refractivity (Wildman–Crippen MR) is 192 cm³/mol. The summed E-state index contributed by atoms with van der Waals surface area (Å²) in [5.74, 6) is -2.19. The standard InChI is InChI=1S/C38H47N3O8S/c1-4-6-14-28-23-29(36(43)31(13-5-2)40-49-38(45)27-17-11-8-12-18-27)19-21-33(28)50-34-22-20-30(24-32(34)41(46)47)35(42)25(3)39-48-37(44)26-15-9-7-10-16-26/h19-24,26-27H,4-18H2,1-3H3/b39-25+,40-31+. The third-order valence-corrected chi connectivity index (χ3v) is 10.4. The molecule has 0 aromatic heterocycles. The highest BCUT2D eigenvalue weighted by Gasteiger charge is 2.26. The Morgan fingerprint density at radius 3 is 1.90 bits per heavy atom. The molecule has 0 bridgehead atoms. The zero-order valence-corrected chi connectivity index (χ0v) is 30.1. The van der Waals surface area contributed by atoms with Crippen molar-refractivity contribution in [3.8, 4) is 0 Å². The first-order valence-corrected chi connectivity index (χ1v) is 18.7. The molecule has 2 aliphatic rings. The summed E-state index contributed by atoms with van der Waals surface area (Å²) in [6, 6.07) is 9.43. The van der Waals surface area contributed by atoms with Gasteiger partial charge in [-0.1, -0.05) is 87.3 Å². The molecule has 50 heavy (non-hydrogen) atoms. The Kier molecular flexibility index (Phi) is 14.9. The van der Waals surface area contributed by atoms with Crippen LogP contribution >= 0.6 is 11.8 Å². The van der Waals surface area contributed by atoms with Crippen molar-refractivity contribution in [3.63, 3.8) is 0 Å². The van der Waals surface area contributed by atoms with Crippen LogP contribution in [0.1, 0.15) is 137 Å². The van der Waals surface area contributed by atoms with Gasteiger partial charge in [-0.25, -0.2) is 9.59 Å². The number of nitrogens with zero attached hydrogens (tertiary/aromatic N) is 3. The number of aryl methyl sites for hydroxylation is 1. The minimum Gasteiger partial charge on any atom is -0.318 e. The molecule has 0 saturated heterocycles. The van der Waals surface area contributed by atoms with E-state index < -0.39 is 22.6 Å². The summed E-state index contributed by atoms with van der Waals surface area (Å²) in [6.45, 7) is 5.38. The molecule has 12 heteroatoms. The maximum absolute atomic E-state index is 13.6. The summed E-state index contributed by atoms with van der Waals surface area (Å²) in [5, 5.41) is 20.0. The normalized spacial score (nSPS) is 16.1. The van der Waals surface area contributed by atoms with Crippen molar-refractivity contribution < 1.29 is 33.8 Å². The highest BCUT2D eigenvalue weighted by atomic mass is 32.2. The first-order valence-electron chi connectivity index (χ1n) is 17.8. The molecule has 2 saturated carbocycles. The molecule has 0 radical (unpaired) electrons. The highest BCUT2D eigenvalue weighted by Crippen LogP contribution is 2.38. The number of hydrogen-bond donors (Lipinski definition) is 0. The Labute approximate surface area is 297 Å². The van der Waals surface area contributed by atoms with Crippen LogP contribution in [0.25, 0.3) is 0 Å². The molecule has 0 atom stereocenters. The summed E-state index contributed by atoms with van der Waals surface area (Å²) in [7, 11) is 0. The van der Waals surface area contributed by atoms with E-state index >= 15 is 0 Å². The number of hydrogen-bond acceptors (Lipinski definition) is 11. The van der Waals surface area contributed by atoms with E-state index in [1.807, 2.05) is 6.92 Å². The van der Waals surface area contributed by atoms with Crippen LogP contribution in [0.4, 0.5) is 5.69 Å². The van der Waals surface area contributed by atoms with Crippen LogP contribution < -0.4 is 0 Å². The third-order valence-electron chi connectivity index (χ3n) is 9.23. The molecule has 0 N–H and O–H groups in total. The molecule has 2 aromatic rings. The second-order valence-corrected chi connectivity index (χ2v) is 14.2. The average molecular weight is 706 g/mol. The van der Waals surface area contributed by atoms with Gasteiger partial charge in [0.2, 0.25) is 11.6 Å². The molecule has 268 valence electrons. The van der Waals surface area contributed by atoms with Gasteiger partial charge in [0.05, 0.1) is 21.7 Å². The van der Waals surface area contributed by atoms with Crippen LogP contribution in [0.3, 0.4) is 0 Å². The van der Waals surface area contributed by atoms with Gasteiger partial charge in [0.15, 0.2) is 0 Å². The van der Waals surface area contributed by atoms with E-state index in [1.54, 1.807) is 18.2 Å². The lowest BCUT2D eigenvalue weighted by molar-refractivity contribution is -0.387. The summed E-state index contributed by atoms with van der Waals surface area (Å²) in [6.07, 6.45) is 12.4. The van der Waals surface area contributed by atoms with Crippen molar-refractivity contribution >= 4 is 52.4 Å². The van der Waals surface area contributed by atoms with Gasteiger partial charge in [-0.3, -0.25) is 19.7 Å². The van der Waals surface area contributed by atoms with Gasteiger partial charge in [0, 0.05) is 22.1 Å². The molecular formula is C38H47N3O8S. The van der Waals surface area contributed by atoms with Crippen molar-refractivity contribution in [3.05, 3.63) is 63.2 Å². The number of nitro groups is 1. The van der Waals surface area contributed by atoms with E-state index in [-0.39, 0.29) is 40.3 Å². The number of ketones is 2. The molecular weight excluding hydrogens is 658 g/mol. The van der Waals surface area contributed by atoms with E-state index in [1.165, 1.54) is 36.9 Å². The fourth-order valence-corrected chi connectivity index (χ4v) is 7.32. The van der Waals surface area contributed by atoms with Gasteiger partial charge < -0.3 is 9.68 Å². The maximum atomic E-state index is 13.6. The van der Waals surface area contributed by atoms with Crippen LogP contribution in [0.5, 0.6) is 0 Å². The SMILES string of the molecule is CCCCc1cc(C(=O)/C(CCC)=N/OC(=O)C2CCCCC2)ccc1Sc1ccc(C(=O)/C(C)=N/OC(=O)C2CCCCC2)cc1[N+](=O)[O-]. The second-order valence-electron chi connectivity index (χ2n) is 13.1. The van der Waals surface area contributed by atoms with Crippen LogP contribution in [-0.2, 0) is 25.7 Å². The lowest BCUT2D eigenvalue weighted by Gasteiger charge is -2.18. The zero-order chi connectivity index (χ0) is 36.0. The van der Waals surface area contributed by atoms with Gasteiger partial charge >= 0.3 is 11.9 Å². The van der Waals surface area contributed by atoms with Crippen LogP contribution in [0.15, 0.2) is 56.5 Å². The molecule has 0 amide bonds. The number of carbonyl (C=O) groups excluding carboxylic acids is 4. The van der Waals surface area contributed by atoms with Crippen molar-refractivity contribution in [2.24, 2.45) is 22.1 Å². The molecule has 0 spiro atoms. The number of benzene rings is 2. The molecule has 2 aliphatic carbocycles. The molecule has 0 unspecified atom stereocenters. The van der Waals surface area contributed by atoms with Gasteiger partial charge in [0.25, 0.3) is 5.69 Å². The predicted octanol–water partition coefficient (Wildman–Crippen LogP) is 9.23. The van der Waals surface area contributed by atoms with Gasteiger partial charge in [-0.2, -0.15) is 0 Å². The monoisotopic (exact) mass is 705 g/mol. The van der Waals surface area contributed by atoms with E-state index in [9.17, 15) is 29.3 Å². The molecule has 2 fully saturated rings. The average Bonchev–Trinajstić information content (AvgIpc) is 3.14. The Morgan fingerprint density at radius 2 is 1.34 bits per heavy atom. The van der Waals surface area contributed by atoms with Crippen molar-refractivity contribution in [2.45, 2.75) is 127 Å². The van der Waals surface area contributed by atoms with Gasteiger partial charge in [-0.15, -0.1) is 0 Å². The van der Waals surface area contributed by atoms with Crippen molar-refractivity contribution in [1.29, 1.82) is 0 Å². The number of nitro benzene ring substituents is 1.